The second-order valence-corrected chi connectivity index (χ2v) is 6.05. The Kier molecular flexibility index (Phi) is 6.21. The molecule has 1 fully saturated rings. The summed E-state index contributed by atoms with van der Waals surface area (Å²) < 4.78 is 0. The Morgan fingerprint density at radius 2 is 2.19 bits per heavy atom. The number of hydrogen-bond donors (Lipinski definition) is 2. The number of carbonyl (C=O) groups is 1. The lowest BCUT2D eigenvalue weighted by Crippen LogP contribution is -2.41. The van der Waals surface area contributed by atoms with Crippen molar-refractivity contribution in [3.63, 3.8) is 0 Å². The molecule has 1 aliphatic rings. The summed E-state index contributed by atoms with van der Waals surface area (Å²) in [6.45, 7) is 4.81. The minimum atomic E-state index is 0.161. The molecule has 2 N–H and O–H groups in total. The molecule has 2 unspecified atom stereocenters. The molecule has 0 spiro atoms. The number of amides is 1. The monoisotopic (exact) mass is 289 g/mol. The van der Waals surface area contributed by atoms with Crippen LogP contribution in [0.5, 0.6) is 0 Å². The quantitative estimate of drug-likeness (QED) is 0.804. The van der Waals surface area contributed by atoms with Crippen molar-refractivity contribution < 1.29 is 4.79 Å². The minimum absolute atomic E-state index is 0.161. The van der Waals surface area contributed by atoms with Crippen molar-refractivity contribution in [1.29, 1.82) is 0 Å². The van der Waals surface area contributed by atoms with Crippen molar-refractivity contribution in [1.82, 2.24) is 15.5 Å². The van der Waals surface area contributed by atoms with Gasteiger partial charge >= 0.3 is 0 Å². The largest absolute Gasteiger partial charge is 0.354 e. The van der Waals surface area contributed by atoms with Gasteiger partial charge in [0.1, 0.15) is 0 Å². The van der Waals surface area contributed by atoms with Crippen LogP contribution in [0.2, 0.25) is 0 Å². The number of nitrogens with zero attached hydrogens (tertiary/aromatic N) is 1. The maximum Gasteiger partial charge on any atom is 0.221 e. The Balaban J connectivity index is 1.68. The molecule has 0 aliphatic carbocycles. The van der Waals surface area contributed by atoms with Gasteiger partial charge in [0, 0.05) is 31.6 Å². The van der Waals surface area contributed by atoms with Gasteiger partial charge in [-0.25, -0.2) is 0 Å². The van der Waals surface area contributed by atoms with Gasteiger partial charge in [0.2, 0.25) is 5.91 Å². The highest BCUT2D eigenvalue weighted by atomic mass is 16.1. The highest BCUT2D eigenvalue weighted by Crippen LogP contribution is 2.09. The number of benzene rings is 1. The van der Waals surface area contributed by atoms with E-state index >= 15 is 0 Å². The van der Waals surface area contributed by atoms with E-state index in [-0.39, 0.29) is 5.91 Å². The van der Waals surface area contributed by atoms with E-state index in [2.05, 4.69) is 53.8 Å². The summed E-state index contributed by atoms with van der Waals surface area (Å²) in [5.74, 6) is 0.161. The Bertz CT molecular complexity index is 429. The summed E-state index contributed by atoms with van der Waals surface area (Å²) in [5, 5.41) is 6.41. The van der Waals surface area contributed by atoms with E-state index in [9.17, 15) is 4.79 Å². The highest BCUT2D eigenvalue weighted by Gasteiger charge is 2.18. The number of carbonyl (C=O) groups excluding carboxylic acids is 1. The SMILES string of the molecule is CC(CNC(=O)CC1CCCN1)N(C)Cc1ccccc1. The number of hydrogen-bond acceptors (Lipinski definition) is 3. The summed E-state index contributed by atoms with van der Waals surface area (Å²) in [4.78, 5) is 14.2. The van der Waals surface area contributed by atoms with Gasteiger partial charge in [-0.3, -0.25) is 9.69 Å². The molecule has 2 rings (SSSR count). The van der Waals surface area contributed by atoms with Crippen LogP contribution in [-0.2, 0) is 11.3 Å². The Morgan fingerprint density at radius 1 is 1.43 bits per heavy atom. The smallest absolute Gasteiger partial charge is 0.221 e. The van der Waals surface area contributed by atoms with Gasteiger partial charge in [-0.05, 0) is 38.9 Å². The molecule has 2 atom stereocenters. The van der Waals surface area contributed by atoms with Crippen LogP contribution >= 0.6 is 0 Å². The van der Waals surface area contributed by atoms with Gasteiger partial charge in [-0.1, -0.05) is 30.3 Å². The van der Waals surface area contributed by atoms with Crippen molar-refractivity contribution in [3.05, 3.63) is 35.9 Å². The molecule has 1 amide bonds. The van der Waals surface area contributed by atoms with Crippen LogP contribution < -0.4 is 10.6 Å². The fraction of sp³-hybridized carbons (Fsp3) is 0.588. The van der Waals surface area contributed by atoms with E-state index in [1.54, 1.807) is 0 Å². The van der Waals surface area contributed by atoms with E-state index < -0.39 is 0 Å². The number of rotatable bonds is 7. The normalized spacial score (nSPS) is 19.7. The standard InChI is InChI=1S/C17H27N3O/c1-14(20(2)13-15-7-4-3-5-8-15)12-19-17(21)11-16-9-6-10-18-16/h3-5,7-8,14,16,18H,6,9-13H2,1-2H3,(H,19,21). The van der Waals surface area contributed by atoms with Gasteiger partial charge in [0.25, 0.3) is 0 Å². The summed E-state index contributed by atoms with van der Waals surface area (Å²) in [7, 11) is 2.10. The molecule has 0 saturated carbocycles. The van der Waals surface area contributed by atoms with Gasteiger partial charge in [-0.15, -0.1) is 0 Å². The van der Waals surface area contributed by atoms with Crippen molar-refractivity contribution in [2.24, 2.45) is 0 Å². The first kappa shape index (κ1) is 16.0. The molecule has 1 saturated heterocycles. The molecule has 21 heavy (non-hydrogen) atoms. The molecule has 1 aliphatic heterocycles. The second kappa shape index (κ2) is 8.15. The molecule has 4 nitrogen and oxygen atoms in total. The van der Waals surface area contributed by atoms with Crippen molar-refractivity contribution in [2.45, 2.75) is 44.8 Å². The highest BCUT2D eigenvalue weighted by molar-refractivity contribution is 5.76. The predicted octanol–water partition coefficient (Wildman–Crippen LogP) is 1.77. The molecular weight excluding hydrogens is 262 g/mol. The lowest BCUT2D eigenvalue weighted by molar-refractivity contribution is -0.121. The molecule has 0 radical (unpaired) electrons. The first-order valence-electron chi connectivity index (χ1n) is 7.89. The average molecular weight is 289 g/mol. The van der Waals surface area contributed by atoms with Gasteiger partial charge in [-0.2, -0.15) is 0 Å². The Morgan fingerprint density at radius 3 is 2.86 bits per heavy atom. The van der Waals surface area contributed by atoms with Crippen LogP contribution in [0.4, 0.5) is 0 Å². The summed E-state index contributed by atoms with van der Waals surface area (Å²) in [5.41, 5.74) is 1.30. The fourth-order valence-electron chi connectivity index (χ4n) is 2.67. The van der Waals surface area contributed by atoms with Crippen molar-refractivity contribution in [3.8, 4) is 0 Å². The maximum atomic E-state index is 11.9. The molecule has 1 aromatic rings. The maximum absolute atomic E-state index is 11.9. The molecule has 116 valence electrons. The van der Waals surface area contributed by atoms with Crippen LogP contribution in [0.1, 0.15) is 31.7 Å². The first-order chi connectivity index (χ1) is 10.1. The topological polar surface area (TPSA) is 44.4 Å². The van der Waals surface area contributed by atoms with E-state index in [4.69, 9.17) is 0 Å². The van der Waals surface area contributed by atoms with Crippen molar-refractivity contribution >= 4 is 5.91 Å². The molecular formula is C17H27N3O. The zero-order chi connectivity index (χ0) is 15.1. The Hall–Kier alpha value is -1.39. The van der Waals surface area contributed by atoms with E-state index in [1.807, 2.05) is 6.07 Å². The van der Waals surface area contributed by atoms with Gasteiger partial charge in [0.15, 0.2) is 0 Å². The lowest BCUT2D eigenvalue weighted by atomic mass is 10.1. The zero-order valence-corrected chi connectivity index (χ0v) is 13.1. The second-order valence-electron chi connectivity index (χ2n) is 6.05. The minimum Gasteiger partial charge on any atom is -0.354 e. The summed E-state index contributed by atoms with van der Waals surface area (Å²) >= 11 is 0. The zero-order valence-electron chi connectivity index (χ0n) is 13.1. The number of nitrogens with one attached hydrogen (secondary N) is 2. The predicted molar refractivity (Wildman–Crippen MR) is 86.0 cm³/mol. The number of likely N-dealkylation sites (N-methyl/N-ethyl adjacent to an activating group) is 1. The lowest BCUT2D eigenvalue weighted by Gasteiger charge is -2.25. The van der Waals surface area contributed by atoms with Crippen LogP contribution in [0.25, 0.3) is 0 Å². The molecule has 0 bridgehead atoms. The van der Waals surface area contributed by atoms with Gasteiger partial charge in [0.05, 0.1) is 0 Å². The summed E-state index contributed by atoms with van der Waals surface area (Å²) in [6, 6.07) is 11.1. The van der Waals surface area contributed by atoms with Crippen molar-refractivity contribution in [2.75, 3.05) is 20.1 Å². The summed E-state index contributed by atoms with van der Waals surface area (Å²) in [6.07, 6.45) is 2.92. The molecule has 0 aromatic heterocycles. The van der Waals surface area contributed by atoms with E-state index in [0.29, 0.717) is 25.0 Å². The van der Waals surface area contributed by atoms with Crippen LogP contribution in [0, 0.1) is 0 Å². The molecule has 1 aromatic carbocycles. The third kappa shape index (κ3) is 5.48. The van der Waals surface area contributed by atoms with Gasteiger partial charge < -0.3 is 10.6 Å². The third-order valence-corrected chi connectivity index (χ3v) is 4.22. The fourth-order valence-corrected chi connectivity index (χ4v) is 2.67. The molecule has 1 heterocycles. The van der Waals surface area contributed by atoms with E-state index in [0.717, 1.165) is 19.5 Å². The third-order valence-electron chi connectivity index (χ3n) is 4.22. The Labute approximate surface area is 127 Å². The van der Waals surface area contributed by atoms with Crippen LogP contribution in [-0.4, -0.2) is 43.0 Å². The van der Waals surface area contributed by atoms with E-state index in [1.165, 1.54) is 12.0 Å². The van der Waals surface area contributed by atoms with Crippen LogP contribution in [0.15, 0.2) is 30.3 Å². The first-order valence-corrected chi connectivity index (χ1v) is 7.89. The average Bonchev–Trinajstić information content (AvgIpc) is 2.98. The molecule has 4 heteroatoms. The van der Waals surface area contributed by atoms with Crippen LogP contribution in [0.3, 0.4) is 0 Å².